The summed E-state index contributed by atoms with van der Waals surface area (Å²) in [5.41, 5.74) is 9.12. The van der Waals surface area contributed by atoms with Crippen LogP contribution in [0.2, 0.25) is 0 Å². The lowest BCUT2D eigenvalue weighted by Crippen LogP contribution is -1.69. The highest BCUT2D eigenvalue weighted by molar-refractivity contribution is 5.42. The molecule has 0 saturated carbocycles. The number of rotatable bonds is 1. The molecule has 0 unspecified atom stereocenters. The van der Waals surface area contributed by atoms with Crippen LogP contribution in [0.4, 0.5) is 5.69 Å². The molecule has 11 heavy (non-hydrogen) atoms. The molecule has 0 radical (unpaired) electrons. The number of hydrogen-bond acceptors (Lipinski definition) is 2. The SMILES string of the molecule is N#Cc1ccc(N=[N+]=[N-])cc1. The summed E-state index contributed by atoms with van der Waals surface area (Å²) in [7, 11) is 0. The summed E-state index contributed by atoms with van der Waals surface area (Å²) in [4.78, 5) is 2.60. The van der Waals surface area contributed by atoms with Crippen LogP contribution in [-0.4, -0.2) is 0 Å². The monoisotopic (exact) mass is 144 g/mol. The Kier molecular flexibility index (Phi) is 2.11. The first-order chi connectivity index (χ1) is 5.36. The molecule has 0 heterocycles. The molecule has 0 aliphatic rings. The van der Waals surface area contributed by atoms with Gasteiger partial charge in [-0.3, -0.25) is 0 Å². The van der Waals surface area contributed by atoms with Crippen LogP contribution in [0.25, 0.3) is 10.4 Å². The Morgan fingerprint density at radius 3 is 2.45 bits per heavy atom. The van der Waals surface area contributed by atoms with E-state index in [2.05, 4.69) is 10.0 Å². The molecule has 4 heteroatoms. The van der Waals surface area contributed by atoms with E-state index >= 15 is 0 Å². The second-order valence-electron chi connectivity index (χ2n) is 1.85. The summed E-state index contributed by atoms with van der Waals surface area (Å²) < 4.78 is 0. The predicted molar refractivity (Wildman–Crippen MR) is 40.0 cm³/mol. The van der Waals surface area contributed by atoms with Gasteiger partial charge in [-0.1, -0.05) is 17.2 Å². The average Bonchev–Trinajstić information content (AvgIpc) is 2.07. The van der Waals surface area contributed by atoms with Gasteiger partial charge >= 0.3 is 0 Å². The van der Waals surface area contributed by atoms with Gasteiger partial charge in [0.25, 0.3) is 0 Å². The molecule has 0 fully saturated rings. The molecule has 0 N–H and O–H groups in total. The lowest BCUT2D eigenvalue weighted by molar-refractivity contribution is 1.44. The number of nitriles is 1. The van der Waals surface area contributed by atoms with Crippen molar-refractivity contribution in [2.45, 2.75) is 0 Å². The van der Waals surface area contributed by atoms with Crippen molar-refractivity contribution >= 4 is 5.69 Å². The van der Waals surface area contributed by atoms with Crippen LogP contribution in [0.1, 0.15) is 5.56 Å². The quantitative estimate of drug-likeness (QED) is 0.339. The standard InChI is InChI=1S/C7H4N4/c8-5-6-1-3-7(4-2-6)10-11-9/h1-4H. The zero-order valence-corrected chi connectivity index (χ0v) is 5.60. The maximum Gasteiger partial charge on any atom is 0.0991 e. The predicted octanol–water partition coefficient (Wildman–Crippen LogP) is 2.50. The molecular weight excluding hydrogens is 140 g/mol. The van der Waals surface area contributed by atoms with Crippen LogP contribution in [0.3, 0.4) is 0 Å². The van der Waals surface area contributed by atoms with Crippen molar-refractivity contribution in [2.24, 2.45) is 5.11 Å². The van der Waals surface area contributed by atoms with Gasteiger partial charge in [0.2, 0.25) is 0 Å². The van der Waals surface area contributed by atoms with E-state index in [9.17, 15) is 0 Å². The Bertz CT molecular complexity index is 326. The van der Waals surface area contributed by atoms with E-state index in [1.165, 1.54) is 0 Å². The fourth-order valence-electron chi connectivity index (χ4n) is 0.654. The van der Waals surface area contributed by atoms with E-state index < -0.39 is 0 Å². The van der Waals surface area contributed by atoms with E-state index in [0.29, 0.717) is 11.3 Å². The fourth-order valence-corrected chi connectivity index (χ4v) is 0.654. The van der Waals surface area contributed by atoms with Gasteiger partial charge in [0.05, 0.1) is 11.6 Å². The molecule has 0 spiro atoms. The van der Waals surface area contributed by atoms with Crippen molar-refractivity contribution in [3.05, 3.63) is 40.3 Å². The smallest absolute Gasteiger partial charge is 0.0991 e. The van der Waals surface area contributed by atoms with Crippen LogP contribution in [-0.2, 0) is 0 Å². The number of benzene rings is 1. The molecule has 0 aromatic heterocycles. The molecular formula is C7H4N4. The van der Waals surface area contributed by atoms with Crippen molar-refractivity contribution in [1.29, 1.82) is 5.26 Å². The van der Waals surface area contributed by atoms with Crippen LogP contribution in [0.5, 0.6) is 0 Å². The minimum absolute atomic E-state index is 0.520. The van der Waals surface area contributed by atoms with Crippen LogP contribution >= 0.6 is 0 Å². The third-order valence-corrected chi connectivity index (χ3v) is 1.16. The van der Waals surface area contributed by atoms with Gasteiger partial charge in [0.15, 0.2) is 0 Å². The topological polar surface area (TPSA) is 72.5 Å². The molecule has 0 bridgehead atoms. The molecule has 0 atom stereocenters. The fraction of sp³-hybridized carbons (Fsp3) is 0. The highest BCUT2D eigenvalue weighted by Crippen LogP contribution is 2.11. The molecule has 0 amide bonds. The van der Waals surface area contributed by atoms with E-state index in [-0.39, 0.29) is 0 Å². The number of azide groups is 1. The highest BCUT2D eigenvalue weighted by atomic mass is 15.1. The minimum atomic E-state index is 0.520. The third kappa shape index (κ3) is 1.71. The van der Waals surface area contributed by atoms with Gasteiger partial charge in [0, 0.05) is 10.6 Å². The zero-order valence-electron chi connectivity index (χ0n) is 5.60. The first kappa shape index (κ1) is 7.13. The van der Waals surface area contributed by atoms with Crippen molar-refractivity contribution in [1.82, 2.24) is 0 Å². The molecule has 1 aromatic carbocycles. The molecule has 0 aliphatic heterocycles. The Morgan fingerprint density at radius 2 is 2.00 bits per heavy atom. The van der Waals surface area contributed by atoms with Gasteiger partial charge in [0.1, 0.15) is 0 Å². The van der Waals surface area contributed by atoms with Gasteiger partial charge in [-0.15, -0.1) is 0 Å². The molecule has 1 aromatic rings. The number of nitrogens with zero attached hydrogens (tertiary/aromatic N) is 4. The average molecular weight is 144 g/mol. The maximum atomic E-state index is 8.40. The normalized spacial score (nSPS) is 7.91. The molecule has 0 saturated heterocycles. The summed E-state index contributed by atoms with van der Waals surface area (Å²) in [6.45, 7) is 0. The van der Waals surface area contributed by atoms with Gasteiger partial charge in [-0.25, -0.2) is 0 Å². The Balaban J connectivity index is 3.02. The molecule has 1 rings (SSSR count). The van der Waals surface area contributed by atoms with Crippen LogP contribution in [0, 0.1) is 11.3 Å². The molecule has 4 nitrogen and oxygen atoms in total. The van der Waals surface area contributed by atoms with Crippen LogP contribution < -0.4 is 0 Å². The second-order valence-corrected chi connectivity index (χ2v) is 1.85. The Morgan fingerprint density at radius 1 is 1.36 bits per heavy atom. The van der Waals surface area contributed by atoms with E-state index in [4.69, 9.17) is 10.8 Å². The summed E-state index contributed by atoms with van der Waals surface area (Å²) >= 11 is 0. The van der Waals surface area contributed by atoms with Crippen LogP contribution in [0.15, 0.2) is 29.4 Å². The first-order valence-corrected chi connectivity index (χ1v) is 2.92. The maximum absolute atomic E-state index is 8.40. The van der Waals surface area contributed by atoms with E-state index in [1.54, 1.807) is 24.3 Å². The van der Waals surface area contributed by atoms with Crippen molar-refractivity contribution in [2.75, 3.05) is 0 Å². The summed E-state index contributed by atoms with van der Waals surface area (Å²) in [5, 5.41) is 11.8. The van der Waals surface area contributed by atoms with Gasteiger partial charge in [-0.2, -0.15) is 5.26 Å². The Hall–Kier alpha value is -1.98. The van der Waals surface area contributed by atoms with Gasteiger partial charge in [-0.05, 0) is 17.7 Å². The number of hydrogen-bond donors (Lipinski definition) is 0. The highest BCUT2D eigenvalue weighted by Gasteiger charge is 1.88. The Labute approximate surface area is 63.3 Å². The van der Waals surface area contributed by atoms with Crippen molar-refractivity contribution in [3.8, 4) is 6.07 Å². The minimum Gasteiger partial charge on any atom is -0.192 e. The van der Waals surface area contributed by atoms with Crippen molar-refractivity contribution in [3.63, 3.8) is 0 Å². The first-order valence-electron chi connectivity index (χ1n) is 2.92. The summed E-state index contributed by atoms with van der Waals surface area (Å²) in [6, 6.07) is 8.35. The van der Waals surface area contributed by atoms with Gasteiger partial charge < -0.3 is 0 Å². The lowest BCUT2D eigenvalue weighted by Gasteiger charge is -1.88. The zero-order chi connectivity index (χ0) is 8.10. The third-order valence-electron chi connectivity index (χ3n) is 1.16. The summed E-state index contributed by atoms with van der Waals surface area (Å²) in [5.74, 6) is 0. The summed E-state index contributed by atoms with van der Waals surface area (Å²) in [6.07, 6.45) is 0. The molecule has 0 aliphatic carbocycles. The van der Waals surface area contributed by atoms with E-state index in [0.717, 1.165) is 0 Å². The lowest BCUT2D eigenvalue weighted by atomic mass is 10.2. The van der Waals surface area contributed by atoms with E-state index in [1.807, 2.05) is 6.07 Å². The molecule has 52 valence electrons. The second kappa shape index (κ2) is 3.25. The van der Waals surface area contributed by atoms with Crippen molar-refractivity contribution < 1.29 is 0 Å². The largest absolute Gasteiger partial charge is 0.192 e.